The highest BCUT2D eigenvalue weighted by Crippen LogP contribution is 2.15. The Morgan fingerprint density at radius 2 is 1.58 bits per heavy atom. The molecule has 10 heteroatoms. The molecular formula is C21H25N3O6S. The Balaban J connectivity index is 1.73. The third-order valence-electron chi connectivity index (χ3n) is 4.11. The third kappa shape index (κ3) is 7.83. The molecule has 0 aliphatic carbocycles. The molecule has 0 spiro atoms. The van der Waals surface area contributed by atoms with Gasteiger partial charge in [0.2, 0.25) is 21.8 Å². The second kappa shape index (κ2) is 11.2. The number of amides is 2. The lowest BCUT2D eigenvalue weighted by molar-refractivity contribution is -0.124. The van der Waals surface area contributed by atoms with E-state index in [-0.39, 0.29) is 30.2 Å². The number of ketones is 1. The maximum absolute atomic E-state index is 12.2. The first kappa shape index (κ1) is 24.0. The summed E-state index contributed by atoms with van der Waals surface area (Å²) in [4.78, 5) is 35.1. The Hall–Kier alpha value is -3.24. The molecule has 9 nitrogen and oxygen atoms in total. The maximum atomic E-state index is 12.2. The standard InChI is InChI=1S/C21H25N3O6S/c1-3-30-18-8-6-17(7-9-18)24-21(27)14-22-20(26)12-13-23-31(28,29)19-10-4-16(5-11-19)15(2)25/h4-11,23H,3,12-14H2,1-2H3,(H,22,26)(H,24,27). The molecule has 0 saturated carbocycles. The van der Waals surface area contributed by atoms with Crippen LogP contribution in [0.15, 0.2) is 53.4 Å². The lowest BCUT2D eigenvalue weighted by atomic mass is 10.2. The zero-order valence-corrected chi connectivity index (χ0v) is 18.1. The Morgan fingerprint density at radius 3 is 2.16 bits per heavy atom. The van der Waals surface area contributed by atoms with Crippen molar-refractivity contribution in [3.05, 3.63) is 54.1 Å². The van der Waals surface area contributed by atoms with Gasteiger partial charge in [0, 0.05) is 24.2 Å². The molecular weight excluding hydrogens is 422 g/mol. The number of carbonyl (C=O) groups is 3. The summed E-state index contributed by atoms with van der Waals surface area (Å²) in [6.45, 7) is 3.42. The Morgan fingerprint density at radius 1 is 0.935 bits per heavy atom. The van der Waals surface area contributed by atoms with Crippen molar-refractivity contribution in [3.63, 3.8) is 0 Å². The molecule has 2 amide bonds. The predicted octanol–water partition coefficient (Wildman–Crippen LogP) is 1.71. The molecule has 0 radical (unpaired) electrons. The summed E-state index contributed by atoms with van der Waals surface area (Å²) < 4.78 is 32.1. The van der Waals surface area contributed by atoms with Crippen molar-refractivity contribution in [3.8, 4) is 5.75 Å². The topological polar surface area (TPSA) is 131 Å². The van der Waals surface area contributed by atoms with Crippen LogP contribution in [-0.4, -0.2) is 45.7 Å². The highest BCUT2D eigenvalue weighted by Gasteiger charge is 2.15. The lowest BCUT2D eigenvalue weighted by Gasteiger charge is -2.09. The van der Waals surface area contributed by atoms with Gasteiger partial charge in [-0.1, -0.05) is 12.1 Å². The summed E-state index contributed by atoms with van der Waals surface area (Å²) >= 11 is 0. The average molecular weight is 448 g/mol. The molecule has 0 aliphatic rings. The molecule has 166 valence electrons. The number of nitrogens with one attached hydrogen (secondary N) is 3. The molecule has 0 aliphatic heterocycles. The van der Waals surface area contributed by atoms with Crippen molar-refractivity contribution in [1.82, 2.24) is 10.0 Å². The molecule has 2 aromatic carbocycles. The summed E-state index contributed by atoms with van der Waals surface area (Å²) in [5, 5.41) is 5.07. The van der Waals surface area contributed by atoms with Crippen LogP contribution in [0, 0.1) is 0 Å². The number of hydrogen-bond acceptors (Lipinski definition) is 6. The minimum Gasteiger partial charge on any atom is -0.494 e. The molecule has 0 fully saturated rings. The number of hydrogen-bond donors (Lipinski definition) is 3. The molecule has 0 heterocycles. The monoisotopic (exact) mass is 447 g/mol. The van der Waals surface area contributed by atoms with Crippen LogP contribution in [0.2, 0.25) is 0 Å². The fourth-order valence-electron chi connectivity index (χ4n) is 2.52. The van der Waals surface area contributed by atoms with Gasteiger partial charge in [0.15, 0.2) is 5.78 Å². The Labute approximate surface area is 181 Å². The van der Waals surface area contributed by atoms with Crippen LogP contribution < -0.4 is 20.1 Å². The molecule has 0 bridgehead atoms. The normalized spacial score (nSPS) is 10.9. The smallest absolute Gasteiger partial charge is 0.243 e. The first-order valence-electron chi connectivity index (χ1n) is 9.61. The van der Waals surface area contributed by atoms with E-state index in [1.807, 2.05) is 6.92 Å². The second-order valence-corrected chi connectivity index (χ2v) is 8.28. The molecule has 2 aromatic rings. The maximum Gasteiger partial charge on any atom is 0.243 e. The van der Waals surface area contributed by atoms with Crippen molar-refractivity contribution in [2.75, 3.05) is 25.0 Å². The van der Waals surface area contributed by atoms with Gasteiger partial charge in [0.05, 0.1) is 18.0 Å². The van der Waals surface area contributed by atoms with E-state index in [2.05, 4.69) is 15.4 Å². The van der Waals surface area contributed by atoms with Crippen LogP contribution in [0.1, 0.15) is 30.6 Å². The van der Waals surface area contributed by atoms with Gasteiger partial charge in [-0.15, -0.1) is 0 Å². The number of benzene rings is 2. The van der Waals surface area contributed by atoms with Gasteiger partial charge >= 0.3 is 0 Å². The predicted molar refractivity (Wildman–Crippen MR) is 116 cm³/mol. The van der Waals surface area contributed by atoms with Gasteiger partial charge in [0.25, 0.3) is 0 Å². The fraction of sp³-hybridized carbons (Fsp3) is 0.286. The fourth-order valence-corrected chi connectivity index (χ4v) is 3.56. The molecule has 0 saturated heterocycles. The van der Waals surface area contributed by atoms with Crippen LogP contribution >= 0.6 is 0 Å². The Kier molecular flexibility index (Phi) is 8.71. The summed E-state index contributed by atoms with van der Waals surface area (Å²) in [6.07, 6.45) is -0.138. The zero-order valence-electron chi connectivity index (χ0n) is 17.3. The van der Waals surface area contributed by atoms with Gasteiger partial charge in [-0.05, 0) is 50.2 Å². The summed E-state index contributed by atoms with van der Waals surface area (Å²) in [6, 6.07) is 12.3. The van der Waals surface area contributed by atoms with Crippen molar-refractivity contribution in [1.29, 1.82) is 0 Å². The van der Waals surface area contributed by atoms with Crippen molar-refractivity contribution < 1.29 is 27.5 Å². The third-order valence-corrected chi connectivity index (χ3v) is 5.59. The molecule has 31 heavy (non-hydrogen) atoms. The molecule has 3 N–H and O–H groups in total. The van der Waals surface area contributed by atoms with Crippen molar-refractivity contribution in [2.45, 2.75) is 25.2 Å². The largest absolute Gasteiger partial charge is 0.494 e. The summed E-state index contributed by atoms with van der Waals surface area (Å²) in [7, 11) is -3.81. The minimum atomic E-state index is -3.81. The van der Waals surface area contributed by atoms with E-state index in [9.17, 15) is 22.8 Å². The molecule has 0 atom stereocenters. The SMILES string of the molecule is CCOc1ccc(NC(=O)CNC(=O)CCNS(=O)(=O)c2ccc(C(C)=O)cc2)cc1. The van der Waals surface area contributed by atoms with E-state index in [1.165, 1.54) is 31.2 Å². The Bertz CT molecular complexity index is 1020. The highest BCUT2D eigenvalue weighted by molar-refractivity contribution is 7.89. The van der Waals surface area contributed by atoms with Crippen LogP contribution in [0.3, 0.4) is 0 Å². The van der Waals surface area contributed by atoms with Crippen LogP contribution in [0.4, 0.5) is 5.69 Å². The van der Waals surface area contributed by atoms with E-state index in [1.54, 1.807) is 24.3 Å². The number of rotatable bonds is 11. The van der Waals surface area contributed by atoms with E-state index in [0.717, 1.165) is 0 Å². The first-order chi connectivity index (χ1) is 14.7. The van der Waals surface area contributed by atoms with Crippen LogP contribution in [-0.2, 0) is 19.6 Å². The van der Waals surface area contributed by atoms with Gasteiger partial charge in [0.1, 0.15) is 5.75 Å². The van der Waals surface area contributed by atoms with E-state index < -0.39 is 21.8 Å². The average Bonchev–Trinajstić information content (AvgIpc) is 2.74. The van der Waals surface area contributed by atoms with Gasteiger partial charge in [-0.2, -0.15) is 0 Å². The number of ether oxygens (including phenoxy) is 1. The van der Waals surface area contributed by atoms with E-state index in [0.29, 0.717) is 23.6 Å². The number of carbonyl (C=O) groups excluding carboxylic acids is 3. The highest BCUT2D eigenvalue weighted by atomic mass is 32.2. The molecule has 2 rings (SSSR count). The van der Waals surface area contributed by atoms with Gasteiger partial charge in [-0.3, -0.25) is 14.4 Å². The quantitative estimate of drug-likeness (QED) is 0.450. The van der Waals surface area contributed by atoms with Crippen LogP contribution in [0.25, 0.3) is 0 Å². The first-order valence-corrected chi connectivity index (χ1v) is 11.1. The van der Waals surface area contributed by atoms with Crippen molar-refractivity contribution >= 4 is 33.3 Å². The van der Waals surface area contributed by atoms with E-state index in [4.69, 9.17) is 4.74 Å². The van der Waals surface area contributed by atoms with Gasteiger partial charge < -0.3 is 15.4 Å². The van der Waals surface area contributed by atoms with Crippen LogP contribution in [0.5, 0.6) is 5.75 Å². The second-order valence-electron chi connectivity index (χ2n) is 6.51. The van der Waals surface area contributed by atoms with Crippen molar-refractivity contribution in [2.24, 2.45) is 0 Å². The zero-order chi connectivity index (χ0) is 22.9. The van der Waals surface area contributed by atoms with Gasteiger partial charge in [-0.25, -0.2) is 13.1 Å². The number of sulfonamides is 1. The van der Waals surface area contributed by atoms with E-state index >= 15 is 0 Å². The minimum absolute atomic E-state index is 0.00681. The lowest BCUT2D eigenvalue weighted by Crippen LogP contribution is -2.35. The summed E-state index contributed by atoms with van der Waals surface area (Å²) in [5.74, 6) is -0.369. The molecule has 0 aromatic heterocycles. The number of Topliss-reactive ketones (excluding diaryl/α,β-unsaturated/α-hetero) is 1. The summed E-state index contributed by atoms with van der Waals surface area (Å²) in [5.41, 5.74) is 0.966. The molecule has 0 unspecified atom stereocenters. The number of anilines is 1.